The van der Waals surface area contributed by atoms with E-state index in [1.807, 2.05) is 36.4 Å². The molecule has 0 amide bonds. The third-order valence-electron chi connectivity index (χ3n) is 3.23. The fourth-order valence-corrected chi connectivity index (χ4v) is 2.47. The Labute approximate surface area is 117 Å². The number of rotatable bonds is 3. The van der Waals surface area contributed by atoms with Crippen molar-refractivity contribution in [3.63, 3.8) is 0 Å². The first-order valence-corrected chi connectivity index (χ1v) is 6.67. The second kappa shape index (κ2) is 5.33. The Morgan fingerprint density at radius 1 is 0.789 bits per heavy atom. The summed E-state index contributed by atoms with van der Waals surface area (Å²) in [4.78, 5) is 0. The molecule has 0 aliphatic heterocycles. The van der Waals surface area contributed by atoms with Gasteiger partial charge in [-0.05, 0) is 34.5 Å². The number of hydrogen-bond donors (Lipinski definition) is 1. The first-order valence-electron chi connectivity index (χ1n) is 6.29. The van der Waals surface area contributed by atoms with Gasteiger partial charge in [0.1, 0.15) is 0 Å². The van der Waals surface area contributed by atoms with Crippen molar-refractivity contribution >= 4 is 28.1 Å². The second-order valence-electron chi connectivity index (χ2n) is 4.47. The van der Waals surface area contributed by atoms with Crippen LogP contribution in [0, 0.1) is 0 Å². The van der Waals surface area contributed by atoms with Crippen LogP contribution in [-0.2, 0) is 6.54 Å². The first-order chi connectivity index (χ1) is 9.34. The molecule has 94 valence electrons. The van der Waals surface area contributed by atoms with Crippen molar-refractivity contribution in [3.8, 4) is 0 Å². The number of hydrogen-bond acceptors (Lipinski definition) is 1. The van der Waals surface area contributed by atoms with Gasteiger partial charge in [0.2, 0.25) is 0 Å². The normalized spacial score (nSPS) is 10.6. The van der Waals surface area contributed by atoms with Crippen molar-refractivity contribution in [2.24, 2.45) is 0 Å². The quantitative estimate of drug-likeness (QED) is 0.696. The summed E-state index contributed by atoms with van der Waals surface area (Å²) in [7, 11) is 0. The highest BCUT2D eigenvalue weighted by Gasteiger charge is 2.05. The zero-order valence-corrected chi connectivity index (χ0v) is 11.2. The van der Waals surface area contributed by atoms with E-state index in [9.17, 15) is 0 Å². The molecule has 0 saturated carbocycles. The number of benzene rings is 3. The largest absolute Gasteiger partial charge is 0.381 e. The molecule has 0 unspecified atom stereocenters. The number of halogens is 1. The maximum absolute atomic E-state index is 6.33. The van der Waals surface area contributed by atoms with E-state index in [0.29, 0.717) is 0 Å². The standard InChI is InChI=1S/C17H14ClN/c18-17-11-10-13-6-4-5-9-15(13)16(17)12-19-14-7-2-1-3-8-14/h1-11,19H,12H2. The Balaban J connectivity index is 1.94. The molecular weight excluding hydrogens is 254 g/mol. The highest BCUT2D eigenvalue weighted by Crippen LogP contribution is 2.26. The lowest BCUT2D eigenvalue weighted by Gasteiger charge is -2.11. The van der Waals surface area contributed by atoms with Crippen molar-refractivity contribution < 1.29 is 0 Å². The minimum Gasteiger partial charge on any atom is -0.381 e. The Bertz CT molecular complexity index is 692. The van der Waals surface area contributed by atoms with Crippen molar-refractivity contribution in [2.45, 2.75) is 6.54 Å². The van der Waals surface area contributed by atoms with Gasteiger partial charge in [0, 0.05) is 17.3 Å². The Morgan fingerprint density at radius 3 is 2.37 bits per heavy atom. The van der Waals surface area contributed by atoms with Crippen molar-refractivity contribution in [1.29, 1.82) is 0 Å². The lowest BCUT2D eigenvalue weighted by atomic mass is 10.0. The summed E-state index contributed by atoms with van der Waals surface area (Å²) < 4.78 is 0. The van der Waals surface area contributed by atoms with Crippen LogP contribution in [0.5, 0.6) is 0 Å². The van der Waals surface area contributed by atoms with E-state index >= 15 is 0 Å². The van der Waals surface area contributed by atoms with E-state index in [1.54, 1.807) is 0 Å². The summed E-state index contributed by atoms with van der Waals surface area (Å²) in [5.41, 5.74) is 2.25. The minimum absolute atomic E-state index is 0.726. The van der Waals surface area contributed by atoms with E-state index in [2.05, 4.69) is 35.6 Å². The molecule has 0 spiro atoms. The Kier molecular flexibility index (Phi) is 3.39. The number of anilines is 1. The zero-order valence-electron chi connectivity index (χ0n) is 10.4. The van der Waals surface area contributed by atoms with E-state index < -0.39 is 0 Å². The van der Waals surface area contributed by atoms with Crippen LogP contribution >= 0.6 is 11.6 Å². The summed E-state index contributed by atoms with van der Waals surface area (Å²) in [6.45, 7) is 0.726. The van der Waals surface area contributed by atoms with E-state index in [4.69, 9.17) is 11.6 Å². The first kappa shape index (κ1) is 12.1. The minimum atomic E-state index is 0.726. The second-order valence-corrected chi connectivity index (χ2v) is 4.87. The monoisotopic (exact) mass is 267 g/mol. The molecule has 0 aromatic heterocycles. The van der Waals surface area contributed by atoms with Crippen LogP contribution in [0.15, 0.2) is 66.7 Å². The molecule has 2 heteroatoms. The van der Waals surface area contributed by atoms with Crippen LogP contribution < -0.4 is 5.32 Å². The molecule has 0 bridgehead atoms. The van der Waals surface area contributed by atoms with Crippen LogP contribution in [0.4, 0.5) is 5.69 Å². The molecule has 3 rings (SSSR count). The summed E-state index contributed by atoms with van der Waals surface area (Å²) in [6, 6.07) is 22.5. The summed E-state index contributed by atoms with van der Waals surface area (Å²) in [5.74, 6) is 0. The molecule has 1 N–H and O–H groups in total. The maximum atomic E-state index is 6.33. The van der Waals surface area contributed by atoms with Gasteiger partial charge in [-0.25, -0.2) is 0 Å². The van der Waals surface area contributed by atoms with Crippen LogP contribution in [-0.4, -0.2) is 0 Å². The van der Waals surface area contributed by atoms with Crippen molar-refractivity contribution in [2.75, 3.05) is 5.32 Å². The van der Waals surface area contributed by atoms with Gasteiger partial charge in [-0.15, -0.1) is 0 Å². The molecule has 3 aromatic rings. The molecule has 3 aromatic carbocycles. The lowest BCUT2D eigenvalue weighted by molar-refractivity contribution is 1.17. The lowest BCUT2D eigenvalue weighted by Crippen LogP contribution is -2.00. The summed E-state index contributed by atoms with van der Waals surface area (Å²) in [6.07, 6.45) is 0. The van der Waals surface area contributed by atoms with E-state index in [-0.39, 0.29) is 0 Å². The molecule has 0 fully saturated rings. The van der Waals surface area contributed by atoms with Gasteiger partial charge in [0.05, 0.1) is 0 Å². The van der Waals surface area contributed by atoms with E-state index in [0.717, 1.165) is 22.8 Å². The maximum Gasteiger partial charge on any atom is 0.0462 e. The number of para-hydroxylation sites is 1. The number of nitrogens with one attached hydrogen (secondary N) is 1. The molecule has 0 saturated heterocycles. The van der Waals surface area contributed by atoms with Gasteiger partial charge in [-0.1, -0.05) is 60.1 Å². The van der Waals surface area contributed by atoms with Gasteiger partial charge in [0.15, 0.2) is 0 Å². The average molecular weight is 268 g/mol. The highest BCUT2D eigenvalue weighted by molar-refractivity contribution is 6.32. The van der Waals surface area contributed by atoms with Gasteiger partial charge < -0.3 is 5.32 Å². The zero-order chi connectivity index (χ0) is 13.1. The van der Waals surface area contributed by atoms with Crippen LogP contribution in [0.3, 0.4) is 0 Å². The van der Waals surface area contributed by atoms with Crippen LogP contribution in [0.1, 0.15) is 5.56 Å². The van der Waals surface area contributed by atoms with Gasteiger partial charge in [-0.3, -0.25) is 0 Å². The number of fused-ring (bicyclic) bond motifs is 1. The SMILES string of the molecule is Clc1ccc2ccccc2c1CNc1ccccc1. The molecule has 0 aliphatic rings. The Hall–Kier alpha value is -1.99. The fraction of sp³-hybridized carbons (Fsp3) is 0.0588. The molecule has 1 nitrogen and oxygen atoms in total. The summed E-state index contributed by atoms with van der Waals surface area (Å²) >= 11 is 6.33. The average Bonchev–Trinajstić information content (AvgIpc) is 2.47. The van der Waals surface area contributed by atoms with Crippen molar-refractivity contribution in [3.05, 3.63) is 77.3 Å². The van der Waals surface area contributed by atoms with Crippen LogP contribution in [0.25, 0.3) is 10.8 Å². The summed E-state index contributed by atoms with van der Waals surface area (Å²) in [5, 5.41) is 6.64. The van der Waals surface area contributed by atoms with E-state index in [1.165, 1.54) is 10.8 Å². The van der Waals surface area contributed by atoms with Gasteiger partial charge in [-0.2, -0.15) is 0 Å². The van der Waals surface area contributed by atoms with Gasteiger partial charge in [0.25, 0.3) is 0 Å². The molecular formula is C17H14ClN. The third-order valence-corrected chi connectivity index (χ3v) is 3.58. The topological polar surface area (TPSA) is 12.0 Å². The molecule has 0 aliphatic carbocycles. The smallest absolute Gasteiger partial charge is 0.0462 e. The third kappa shape index (κ3) is 2.56. The molecule has 0 radical (unpaired) electrons. The van der Waals surface area contributed by atoms with Gasteiger partial charge >= 0.3 is 0 Å². The predicted molar refractivity (Wildman–Crippen MR) is 82.7 cm³/mol. The molecule has 0 atom stereocenters. The van der Waals surface area contributed by atoms with Crippen molar-refractivity contribution in [1.82, 2.24) is 0 Å². The Morgan fingerprint density at radius 2 is 1.53 bits per heavy atom. The van der Waals surface area contributed by atoms with Crippen LogP contribution in [0.2, 0.25) is 5.02 Å². The fourth-order valence-electron chi connectivity index (χ4n) is 2.24. The predicted octanol–water partition coefficient (Wildman–Crippen LogP) is 5.11. The highest BCUT2D eigenvalue weighted by atomic mass is 35.5. The molecule has 0 heterocycles. The molecule has 19 heavy (non-hydrogen) atoms.